The van der Waals surface area contributed by atoms with Crippen molar-refractivity contribution in [1.29, 1.82) is 0 Å². The lowest BCUT2D eigenvalue weighted by Crippen LogP contribution is -2.45. The minimum absolute atomic E-state index is 0.185. The number of hydrogen-bond acceptors (Lipinski definition) is 4. The molecule has 2 rings (SSSR count). The van der Waals surface area contributed by atoms with Gasteiger partial charge >= 0.3 is 6.03 Å². The number of aliphatic hydroxyl groups is 1. The summed E-state index contributed by atoms with van der Waals surface area (Å²) in [6.07, 6.45) is 2.06. The van der Waals surface area contributed by atoms with Gasteiger partial charge in [0.2, 0.25) is 0 Å². The molecule has 0 radical (unpaired) electrons. The van der Waals surface area contributed by atoms with Crippen LogP contribution in [0.4, 0.5) is 4.79 Å². The van der Waals surface area contributed by atoms with Crippen LogP contribution in [-0.4, -0.2) is 73.8 Å². The molecule has 1 aromatic carbocycles. The molecule has 1 aliphatic rings. The third kappa shape index (κ3) is 7.02. The zero-order valence-corrected chi connectivity index (χ0v) is 15.5. The average Bonchev–Trinajstić information content (AvgIpc) is 2.62. The smallest absolute Gasteiger partial charge is 0.314 e. The SMILES string of the molecule is CN1CCN(CCCCNC(=O)NCC(C)(O)c2ccccc2)CC1. The van der Waals surface area contributed by atoms with Crippen LogP contribution in [0.2, 0.25) is 0 Å². The minimum atomic E-state index is -1.07. The quantitative estimate of drug-likeness (QED) is 0.618. The zero-order valence-electron chi connectivity index (χ0n) is 15.5. The van der Waals surface area contributed by atoms with Gasteiger partial charge in [-0.25, -0.2) is 4.79 Å². The number of carbonyl (C=O) groups excluding carboxylic acids is 1. The van der Waals surface area contributed by atoms with Gasteiger partial charge in [0, 0.05) is 32.7 Å². The van der Waals surface area contributed by atoms with Crippen LogP contribution in [0.3, 0.4) is 0 Å². The maximum Gasteiger partial charge on any atom is 0.314 e. The van der Waals surface area contributed by atoms with Crippen molar-refractivity contribution in [3.05, 3.63) is 35.9 Å². The predicted molar refractivity (Wildman–Crippen MR) is 101 cm³/mol. The summed E-state index contributed by atoms with van der Waals surface area (Å²) in [5.74, 6) is 0. The summed E-state index contributed by atoms with van der Waals surface area (Å²) in [6.45, 7) is 8.21. The van der Waals surface area contributed by atoms with E-state index < -0.39 is 5.60 Å². The number of hydrogen-bond donors (Lipinski definition) is 3. The van der Waals surface area contributed by atoms with Crippen LogP contribution >= 0.6 is 0 Å². The van der Waals surface area contributed by atoms with Crippen molar-refractivity contribution < 1.29 is 9.90 Å². The predicted octanol–water partition coefficient (Wildman–Crippen LogP) is 1.22. The molecule has 140 valence electrons. The molecule has 1 fully saturated rings. The average molecular weight is 348 g/mol. The largest absolute Gasteiger partial charge is 0.384 e. The number of unbranched alkanes of at least 4 members (excludes halogenated alkanes) is 1. The molecular formula is C19H32N4O2. The van der Waals surface area contributed by atoms with E-state index >= 15 is 0 Å². The van der Waals surface area contributed by atoms with Crippen molar-refractivity contribution in [3.8, 4) is 0 Å². The Hall–Kier alpha value is -1.63. The lowest BCUT2D eigenvalue weighted by Gasteiger charge is -2.32. The third-order valence-electron chi connectivity index (χ3n) is 4.77. The molecule has 6 nitrogen and oxygen atoms in total. The van der Waals surface area contributed by atoms with Gasteiger partial charge < -0.3 is 25.5 Å². The number of benzene rings is 1. The number of likely N-dealkylation sites (N-methyl/N-ethyl adjacent to an activating group) is 1. The summed E-state index contributed by atoms with van der Waals surface area (Å²) < 4.78 is 0. The molecule has 0 aliphatic carbocycles. The van der Waals surface area contributed by atoms with Gasteiger partial charge in [-0.3, -0.25) is 0 Å². The normalized spacial score (nSPS) is 18.5. The Kier molecular flexibility index (Phi) is 7.68. The van der Waals surface area contributed by atoms with Gasteiger partial charge in [-0.2, -0.15) is 0 Å². The highest BCUT2D eigenvalue weighted by atomic mass is 16.3. The Morgan fingerprint density at radius 3 is 2.48 bits per heavy atom. The molecule has 0 spiro atoms. The highest BCUT2D eigenvalue weighted by Gasteiger charge is 2.23. The van der Waals surface area contributed by atoms with Gasteiger partial charge in [0.05, 0.1) is 6.54 Å². The number of nitrogens with zero attached hydrogens (tertiary/aromatic N) is 2. The van der Waals surface area contributed by atoms with Crippen molar-refractivity contribution in [2.75, 3.05) is 52.9 Å². The molecule has 1 aromatic rings. The Bertz CT molecular complexity index is 513. The van der Waals surface area contributed by atoms with Crippen LogP contribution in [0, 0.1) is 0 Å². The molecule has 25 heavy (non-hydrogen) atoms. The molecular weight excluding hydrogens is 316 g/mol. The van der Waals surface area contributed by atoms with Gasteiger partial charge in [0.25, 0.3) is 0 Å². The van der Waals surface area contributed by atoms with E-state index in [1.807, 2.05) is 30.3 Å². The lowest BCUT2D eigenvalue weighted by atomic mass is 9.96. The van der Waals surface area contributed by atoms with Gasteiger partial charge in [-0.05, 0) is 38.9 Å². The first-order valence-corrected chi connectivity index (χ1v) is 9.18. The van der Waals surface area contributed by atoms with Crippen molar-refractivity contribution in [2.45, 2.75) is 25.4 Å². The Morgan fingerprint density at radius 1 is 1.12 bits per heavy atom. The maximum absolute atomic E-state index is 11.9. The molecule has 1 saturated heterocycles. The van der Waals surface area contributed by atoms with Crippen LogP contribution in [0.25, 0.3) is 0 Å². The van der Waals surface area contributed by atoms with Gasteiger partial charge in [0.1, 0.15) is 5.60 Å². The van der Waals surface area contributed by atoms with Gasteiger partial charge in [-0.15, -0.1) is 0 Å². The molecule has 2 amide bonds. The Labute approximate surface area is 151 Å². The van der Waals surface area contributed by atoms with Crippen LogP contribution in [0.15, 0.2) is 30.3 Å². The summed E-state index contributed by atoms with van der Waals surface area (Å²) in [6, 6.07) is 9.16. The van der Waals surface area contributed by atoms with E-state index in [0.717, 1.165) is 51.1 Å². The molecule has 0 bridgehead atoms. The highest BCUT2D eigenvalue weighted by molar-refractivity contribution is 5.73. The molecule has 0 saturated carbocycles. The molecule has 3 N–H and O–H groups in total. The van der Waals surface area contributed by atoms with Crippen molar-refractivity contribution in [1.82, 2.24) is 20.4 Å². The van der Waals surface area contributed by atoms with E-state index in [-0.39, 0.29) is 12.6 Å². The van der Waals surface area contributed by atoms with Crippen LogP contribution in [0.1, 0.15) is 25.3 Å². The van der Waals surface area contributed by atoms with Crippen molar-refractivity contribution >= 4 is 6.03 Å². The van der Waals surface area contributed by atoms with Crippen molar-refractivity contribution in [3.63, 3.8) is 0 Å². The standard InChI is InChI=1S/C19H32N4O2/c1-19(25,17-8-4-3-5-9-17)16-21-18(24)20-10-6-7-11-23-14-12-22(2)13-15-23/h3-5,8-9,25H,6-7,10-16H2,1-2H3,(H2,20,21,24). The molecule has 0 aromatic heterocycles. The first kappa shape index (κ1) is 19.7. The fourth-order valence-electron chi connectivity index (χ4n) is 2.95. The number of amides is 2. The summed E-state index contributed by atoms with van der Waals surface area (Å²) in [4.78, 5) is 16.7. The number of rotatable bonds is 8. The van der Waals surface area contributed by atoms with Gasteiger partial charge in [0.15, 0.2) is 0 Å². The minimum Gasteiger partial charge on any atom is -0.384 e. The van der Waals surface area contributed by atoms with Crippen molar-refractivity contribution in [2.24, 2.45) is 0 Å². The Morgan fingerprint density at radius 2 is 1.80 bits per heavy atom. The molecule has 6 heteroatoms. The first-order valence-electron chi connectivity index (χ1n) is 9.18. The number of nitrogens with one attached hydrogen (secondary N) is 2. The van der Waals surface area contributed by atoms with Crippen LogP contribution < -0.4 is 10.6 Å². The molecule has 1 atom stereocenters. The second-order valence-electron chi connectivity index (χ2n) is 7.10. The summed E-state index contributed by atoms with van der Waals surface area (Å²) in [7, 11) is 2.16. The third-order valence-corrected chi connectivity index (χ3v) is 4.77. The first-order chi connectivity index (χ1) is 12.0. The van der Waals surface area contributed by atoms with Crippen LogP contribution in [0.5, 0.6) is 0 Å². The van der Waals surface area contributed by atoms with E-state index in [9.17, 15) is 9.90 Å². The van der Waals surface area contributed by atoms with E-state index in [1.165, 1.54) is 0 Å². The van der Waals surface area contributed by atoms with E-state index in [4.69, 9.17) is 0 Å². The molecule has 1 heterocycles. The maximum atomic E-state index is 11.9. The summed E-state index contributed by atoms with van der Waals surface area (Å²) in [5.41, 5.74) is -0.275. The number of urea groups is 1. The van der Waals surface area contributed by atoms with Crippen LogP contribution in [-0.2, 0) is 5.60 Å². The summed E-state index contributed by atoms with van der Waals surface area (Å²) in [5, 5.41) is 16.1. The summed E-state index contributed by atoms with van der Waals surface area (Å²) >= 11 is 0. The second-order valence-corrected chi connectivity index (χ2v) is 7.10. The topological polar surface area (TPSA) is 67.8 Å². The number of carbonyl (C=O) groups is 1. The Balaban J connectivity index is 1.55. The fraction of sp³-hybridized carbons (Fsp3) is 0.632. The lowest BCUT2D eigenvalue weighted by molar-refractivity contribution is 0.0594. The van der Waals surface area contributed by atoms with E-state index in [0.29, 0.717) is 6.54 Å². The second kappa shape index (κ2) is 9.75. The zero-order chi connectivity index (χ0) is 18.1. The fourth-order valence-corrected chi connectivity index (χ4v) is 2.95. The highest BCUT2D eigenvalue weighted by Crippen LogP contribution is 2.18. The molecule has 1 unspecified atom stereocenters. The number of piperazine rings is 1. The van der Waals surface area contributed by atoms with Gasteiger partial charge in [-0.1, -0.05) is 30.3 Å². The van der Waals surface area contributed by atoms with E-state index in [1.54, 1.807) is 6.92 Å². The molecule has 1 aliphatic heterocycles. The van der Waals surface area contributed by atoms with E-state index in [2.05, 4.69) is 27.5 Å². The monoisotopic (exact) mass is 348 g/mol.